The van der Waals surface area contributed by atoms with Gasteiger partial charge in [-0.1, -0.05) is 11.6 Å². The van der Waals surface area contributed by atoms with Crippen LogP contribution in [0.5, 0.6) is 0 Å². The number of halogens is 2. The lowest BCUT2D eigenvalue weighted by Crippen LogP contribution is -2.00. The lowest BCUT2D eigenvalue weighted by atomic mass is 10.2. The molecule has 0 unspecified atom stereocenters. The van der Waals surface area contributed by atoms with E-state index in [1.165, 1.54) is 12.1 Å². The number of nitrogen functional groups attached to an aromatic ring is 1. The van der Waals surface area contributed by atoms with Gasteiger partial charge in [-0.05, 0) is 31.0 Å². The average Bonchev–Trinajstić information content (AvgIpc) is 3.18. The summed E-state index contributed by atoms with van der Waals surface area (Å²) in [4.78, 5) is 8.63. The Morgan fingerprint density at radius 3 is 2.78 bits per heavy atom. The Morgan fingerprint density at radius 1 is 1.33 bits per heavy atom. The highest BCUT2D eigenvalue weighted by atomic mass is 35.5. The van der Waals surface area contributed by atoms with Crippen LogP contribution in [0.25, 0.3) is 11.4 Å². The van der Waals surface area contributed by atoms with Gasteiger partial charge in [-0.3, -0.25) is 0 Å². The zero-order valence-electron chi connectivity index (χ0n) is 9.53. The lowest BCUT2D eigenvalue weighted by Gasteiger charge is -2.06. The van der Waals surface area contributed by atoms with Crippen molar-refractivity contribution >= 4 is 17.3 Å². The first-order valence-electron chi connectivity index (χ1n) is 5.73. The molecule has 5 heteroatoms. The minimum absolute atomic E-state index is 0.0703. The number of rotatable bonds is 2. The highest BCUT2D eigenvalue weighted by molar-refractivity contribution is 6.31. The Hall–Kier alpha value is -1.68. The second-order valence-electron chi connectivity index (χ2n) is 4.44. The van der Waals surface area contributed by atoms with Crippen molar-refractivity contribution in [2.75, 3.05) is 5.73 Å². The molecule has 1 saturated carbocycles. The maximum absolute atomic E-state index is 13.1. The molecule has 2 N–H and O–H groups in total. The van der Waals surface area contributed by atoms with Gasteiger partial charge in [0.2, 0.25) is 0 Å². The second kappa shape index (κ2) is 4.21. The summed E-state index contributed by atoms with van der Waals surface area (Å²) in [6.07, 6.45) is 3.84. The zero-order chi connectivity index (χ0) is 12.7. The van der Waals surface area contributed by atoms with Crippen molar-refractivity contribution in [3.8, 4) is 11.4 Å². The van der Waals surface area contributed by atoms with Gasteiger partial charge in [0.05, 0.1) is 22.6 Å². The van der Waals surface area contributed by atoms with Gasteiger partial charge in [0.1, 0.15) is 5.82 Å². The van der Waals surface area contributed by atoms with Crippen molar-refractivity contribution in [1.82, 2.24) is 9.97 Å². The van der Waals surface area contributed by atoms with Gasteiger partial charge in [-0.15, -0.1) is 0 Å². The van der Waals surface area contributed by atoms with E-state index in [1.54, 1.807) is 12.3 Å². The number of hydrogen-bond donors (Lipinski definition) is 1. The molecule has 0 radical (unpaired) electrons. The van der Waals surface area contributed by atoms with Crippen molar-refractivity contribution in [3.05, 3.63) is 40.9 Å². The Morgan fingerprint density at radius 2 is 2.11 bits per heavy atom. The molecule has 0 saturated heterocycles. The molecule has 0 spiro atoms. The fourth-order valence-corrected chi connectivity index (χ4v) is 2.04. The molecule has 0 amide bonds. The standard InChI is InChI=1S/C13H11ClFN3/c14-9-5-8(3-4-10(9)15)13-17-6-11(16)12(18-13)7-1-2-7/h3-7H,1-2,16H2. The molecular formula is C13H11ClFN3. The van der Waals surface area contributed by atoms with Crippen LogP contribution in [0.15, 0.2) is 24.4 Å². The van der Waals surface area contributed by atoms with Crippen LogP contribution in [0.2, 0.25) is 5.02 Å². The SMILES string of the molecule is Nc1cnc(-c2ccc(F)c(Cl)c2)nc1C1CC1. The molecule has 1 aliphatic rings. The fourth-order valence-electron chi connectivity index (χ4n) is 1.86. The molecule has 0 atom stereocenters. The second-order valence-corrected chi connectivity index (χ2v) is 4.84. The van der Waals surface area contributed by atoms with E-state index in [-0.39, 0.29) is 5.02 Å². The zero-order valence-corrected chi connectivity index (χ0v) is 10.3. The molecule has 3 rings (SSSR count). The Labute approximate surface area is 109 Å². The van der Waals surface area contributed by atoms with E-state index in [4.69, 9.17) is 17.3 Å². The van der Waals surface area contributed by atoms with E-state index in [0.29, 0.717) is 23.0 Å². The van der Waals surface area contributed by atoms with Crippen LogP contribution >= 0.6 is 11.6 Å². The van der Waals surface area contributed by atoms with Crippen molar-refractivity contribution in [1.29, 1.82) is 0 Å². The number of benzene rings is 1. The molecule has 1 heterocycles. The molecule has 0 aliphatic heterocycles. The van der Waals surface area contributed by atoms with Gasteiger partial charge in [-0.25, -0.2) is 14.4 Å². The first kappa shape index (κ1) is 11.4. The van der Waals surface area contributed by atoms with Crippen LogP contribution in [-0.4, -0.2) is 9.97 Å². The lowest BCUT2D eigenvalue weighted by molar-refractivity contribution is 0.628. The third kappa shape index (κ3) is 2.04. The largest absolute Gasteiger partial charge is 0.396 e. The normalized spacial score (nSPS) is 14.8. The molecular weight excluding hydrogens is 253 g/mol. The van der Waals surface area contributed by atoms with Crippen LogP contribution in [0.3, 0.4) is 0 Å². The Kier molecular flexibility index (Phi) is 2.67. The van der Waals surface area contributed by atoms with Crippen LogP contribution in [-0.2, 0) is 0 Å². The number of nitrogens with zero attached hydrogens (tertiary/aromatic N) is 2. The summed E-state index contributed by atoms with van der Waals surface area (Å²) >= 11 is 5.75. The monoisotopic (exact) mass is 263 g/mol. The molecule has 1 aromatic heterocycles. The smallest absolute Gasteiger partial charge is 0.159 e. The highest BCUT2D eigenvalue weighted by Crippen LogP contribution is 2.41. The molecule has 1 aromatic carbocycles. The van der Waals surface area contributed by atoms with Crippen molar-refractivity contribution in [2.24, 2.45) is 0 Å². The summed E-state index contributed by atoms with van der Waals surface area (Å²) in [7, 11) is 0. The van der Waals surface area contributed by atoms with E-state index < -0.39 is 5.82 Å². The first-order valence-corrected chi connectivity index (χ1v) is 6.11. The van der Waals surface area contributed by atoms with E-state index >= 15 is 0 Å². The predicted octanol–water partition coefficient (Wildman–Crippen LogP) is 3.40. The molecule has 2 aromatic rings. The molecule has 92 valence electrons. The summed E-state index contributed by atoms with van der Waals surface area (Å²) < 4.78 is 13.1. The quantitative estimate of drug-likeness (QED) is 0.903. The van der Waals surface area contributed by atoms with E-state index in [9.17, 15) is 4.39 Å². The Balaban J connectivity index is 2.05. The number of nitrogens with two attached hydrogens (primary N) is 1. The van der Waals surface area contributed by atoms with Gasteiger partial charge in [0, 0.05) is 11.5 Å². The van der Waals surface area contributed by atoms with Crippen molar-refractivity contribution in [2.45, 2.75) is 18.8 Å². The minimum Gasteiger partial charge on any atom is -0.396 e. The summed E-state index contributed by atoms with van der Waals surface area (Å²) in [6.45, 7) is 0. The van der Waals surface area contributed by atoms with Crippen molar-refractivity contribution in [3.63, 3.8) is 0 Å². The summed E-state index contributed by atoms with van der Waals surface area (Å²) in [6, 6.07) is 4.46. The van der Waals surface area contributed by atoms with Gasteiger partial charge in [0.25, 0.3) is 0 Å². The van der Waals surface area contributed by atoms with Gasteiger partial charge >= 0.3 is 0 Å². The van der Waals surface area contributed by atoms with Crippen LogP contribution in [0.1, 0.15) is 24.5 Å². The third-order valence-electron chi connectivity index (χ3n) is 2.99. The van der Waals surface area contributed by atoms with E-state index in [0.717, 1.165) is 18.5 Å². The maximum atomic E-state index is 13.1. The molecule has 0 bridgehead atoms. The highest BCUT2D eigenvalue weighted by Gasteiger charge is 2.27. The van der Waals surface area contributed by atoms with Crippen molar-refractivity contribution < 1.29 is 4.39 Å². The van der Waals surface area contributed by atoms with Gasteiger partial charge in [-0.2, -0.15) is 0 Å². The summed E-state index contributed by atoms with van der Waals surface area (Å²) in [5.41, 5.74) is 8.06. The van der Waals surface area contributed by atoms with E-state index in [1.807, 2.05) is 0 Å². The fraction of sp³-hybridized carbons (Fsp3) is 0.231. The molecule has 18 heavy (non-hydrogen) atoms. The molecule has 1 fully saturated rings. The summed E-state index contributed by atoms with van der Waals surface area (Å²) in [5, 5.41) is 0.0703. The minimum atomic E-state index is -0.446. The van der Waals surface area contributed by atoms with Crippen LogP contribution in [0.4, 0.5) is 10.1 Å². The number of aromatic nitrogens is 2. The molecule has 1 aliphatic carbocycles. The Bertz CT molecular complexity index is 611. The third-order valence-corrected chi connectivity index (χ3v) is 3.28. The topological polar surface area (TPSA) is 51.8 Å². The van der Waals surface area contributed by atoms with E-state index in [2.05, 4.69) is 9.97 Å². The van der Waals surface area contributed by atoms with Crippen LogP contribution < -0.4 is 5.73 Å². The molecule has 3 nitrogen and oxygen atoms in total. The number of hydrogen-bond acceptors (Lipinski definition) is 3. The predicted molar refractivity (Wildman–Crippen MR) is 68.8 cm³/mol. The maximum Gasteiger partial charge on any atom is 0.159 e. The van der Waals surface area contributed by atoms with Gasteiger partial charge in [0.15, 0.2) is 5.82 Å². The first-order chi connectivity index (χ1) is 8.65. The average molecular weight is 264 g/mol. The van der Waals surface area contributed by atoms with Gasteiger partial charge < -0.3 is 5.73 Å². The van der Waals surface area contributed by atoms with Crippen LogP contribution in [0, 0.1) is 5.82 Å². The summed E-state index contributed by atoms with van der Waals surface area (Å²) in [5.74, 6) is 0.536. The number of anilines is 1.